The number of rotatable bonds is 3. The van der Waals surface area contributed by atoms with E-state index in [1.807, 2.05) is 19.9 Å². The molecule has 0 heterocycles. The molecule has 2 aromatic carbocycles. The second kappa shape index (κ2) is 5.81. The number of hydrogen-bond acceptors (Lipinski definition) is 2. The van der Waals surface area contributed by atoms with Crippen molar-refractivity contribution in [2.24, 2.45) is 0 Å². The van der Waals surface area contributed by atoms with Crippen molar-refractivity contribution in [1.82, 2.24) is 0 Å². The van der Waals surface area contributed by atoms with Gasteiger partial charge in [-0.3, -0.25) is 0 Å². The van der Waals surface area contributed by atoms with Crippen molar-refractivity contribution in [2.45, 2.75) is 20.0 Å². The molecule has 0 bridgehead atoms. The van der Waals surface area contributed by atoms with Crippen LogP contribution in [0.1, 0.15) is 28.4 Å². The minimum Gasteiger partial charge on any atom is -0.496 e. The summed E-state index contributed by atoms with van der Waals surface area (Å²) in [5.41, 5.74) is 3.07. The molecule has 1 atom stereocenters. The molecule has 1 N–H and O–H groups in total. The molecule has 4 heteroatoms. The van der Waals surface area contributed by atoms with Gasteiger partial charge < -0.3 is 9.84 Å². The predicted octanol–water partition coefficient (Wildman–Crippen LogP) is 4.19. The first-order valence-corrected chi connectivity index (χ1v) is 6.60. The van der Waals surface area contributed by atoms with Crippen LogP contribution in [0.5, 0.6) is 5.75 Å². The Morgan fingerprint density at radius 1 is 1.20 bits per heavy atom. The molecule has 0 saturated heterocycles. The van der Waals surface area contributed by atoms with E-state index in [9.17, 15) is 9.50 Å². The SMILES string of the molecule is COc1c(C(O)c2ccc(Cl)c(F)c2)ccc(C)c1C. The van der Waals surface area contributed by atoms with E-state index >= 15 is 0 Å². The van der Waals surface area contributed by atoms with E-state index < -0.39 is 11.9 Å². The van der Waals surface area contributed by atoms with E-state index in [1.54, 1.807) is 19.2 Å². The molecule has 0 fully saturated rings. The summed E-state index contributed by atoms with van der Waals surface area (Å²) in [7, 11) is 1.56. The van der Waals surface area contributed by atoms with Crippen LogP contribution >= 0.6 is 11.6 Å². The van der Waals surface area contributed by atoms with Crippen molar-refractivity contribution in [2.75, 3.05) is 7.11 Å². The van der Waals surface area contributed by atoms with Crippen molar-refractivity contribution in [3.05, 3.63) is 63.4 Å². The van der Waals surface area contributed by atoms with Crippen LogP contribution in [-0.4, -0.2) is 12.2 Å². The Bertz CT molecular complexity index is 641. The zero-order chi connectivity index (χ0) is 14.9. The predicted molar refractivity (Wildman–Crippen MR) is 77.9 cm³/mol. The lowest BCUT2D eigenvalue weighted by molar-refractivity contribution is 0.214. The highest BCUT2D eigenvalue weighted by Crippen LogP contribution is 2.34. The molecule has 106 valence electrons. The fourth-order valence-electron chi connectivity index (χ4n) is 2.16. The third kappa shape index (κ3) is 2.65. The number of methoxy groups -OCH3 is 1. The fourth-order valence-corrected chi connectivity index (χ4v) is 2.28. The lowest BCUT2D eigenvalue weighted by atomic mass is 9.96. The van der Waals surface area contributed by atoms with Crippen LogP contribution in [-0.2, 0) is 0 Å². The number of aliphatic hydroxyl groups is 1. The average molecular weight is 295 g/mol. The maximum absolute atomic E-state index is 13.5. The third-order valence-electron chi connectivity index (χ3n) is 3.47. The largest absolute Gasteiger partial charge is 0.496 e. The molecule has 0 aliphatic heterocycles. The van der Waals surface area contributed by atoms with Gasteiger partial charge in [0.05, 0.1) is 12.1 Å². The Morgan fingerprint density at radius 3 is 2.50 bits per heavy atom. The summed E-state index contributed by atoms with van der Waals surface area (Å²) in [6.45, 7) is 3.89. The standard InChI is InChI=1S/C16H16ClFO2/c1-9-4-6-12(16(20-3)10(9)2)15(19)11-5-7-13(17)14(18)8-11/h4-8,15,19H,1-3H3. The van der Waals surface area contributed by atoms with Crippen LogP contribution in [0.15, 0.2) is 30.3 Å². The number of halogens is 2. The molecule has 0 radical (unpaired) electrons. The second-order valence-corrected chi connectivity index (χ2v) is 5.11. The zero-order valence-corrected chi connectivity index (χ0v) is 12.3. The lowest BCUT2D eigenvalue weighted by Gasteiger charge is -2.18. The Balaban J connectivity index is 2.50. The Labute approximate surface area is 122 Å². The molecule has 1 unspecified atom stereocenters. The summed E-state index contributed by atoms with van der Waals surface area (Å²) < 4.78 is 18.9. The second-order valence-electron chi connectivity index (χ2n) is 4.71. The van der Waals surface area contributed by atoms with Crippen LogP contribution in [0.25, 0.3) is 0 Å². The zero-order valence-electron chi connectivity index (χ0n) is 11.6. The van der Waals surface area contributed by atoms with E-state index in [1.165, 1.54) is 12.1 Å². The van der Waals surface area contributed by atoms with Gasteiger partial charge in [-0.15, -0.1) is 0 Å². The van der Waals surface area contributed by atoms with Crippen molar-refractivity contribution in [3.63, 3.8) is 0 Å². The highest BCUT2D eigenvalue weighted by molar-refractivity contribution is 6.30. The molecule has 0 aromatic heterocycles. The first-order chi connectivity index (χ1) is 9.45. The van der Waals surface area contributed by atoms with Gasteiger partial charge in [0.15, 0.2) is 0 Å². The van der Waals surface area contributed by atoms with Gasteiger partial charge in [0.25, 0.3) is 0 Å². The molecular weight excluding hydrogens is 279 g/mol. The molecule has 2 rings (SSSR count). The van der Waals surface area contributed by atoms with E-state index in [0.29, 0.717) is 16.9 Å². The number of benzene rings is 2. The smallest absolute Gasteiger partial charge is 0.142 e. The van der Waals surface area contributed by atoms with Crippen molar-refractivity contribution in [1.29, 1.82) is 0 Å². The number of aliphatic hydroxyl groups excluding tert-OH is 1. The van der Waals surface area contributed by atoms with Gasteiger partial charge in [-0.25, -0.2) is 4.39 Å². The first kappa shape index (κ1) is 14.8. The van der Waals surface area contributed by atoms with E-state index in [0.717, 1.165) is 11.1 Å². The van der Waals surface area contributed by atoms with E-state index in [-0.39, 0.29) is 5.02 Å². The van der Waals surface area contributed by atoms with Crippen LogP contribution in [0.2, 0.25) is 5.02 Å². The third-order valence-corrected chi connectivity index (χ3v) is 3.77. The number of hydrogen-bond donors (Lipinski definition) is 1. The highest BCUT2D eigenvalue weighted by Gasteiger charge is 2.18. The minimum atomic E-state index is -0.962. The normalized spacial score (nSPS) is 12.3. The quantitative estimate of drug-likeness (QED) is 0.920. The molecular formula is C16H16ClFO2. The molecule has 20 heavy (non-hydrogen) atoms. The monoisotopic (exact) mass is 294 g/mol. The molecule has 0 saturated carbocycles. The van der Waals surface area contributed by atoms with Crippen molar-refractivity contribution >= 4 is 11.6 Å². The van der Waals surface area contributed by atoms with Crippen molar-refractivity contribution < 1.29 is 14.2 Å². The van der Waals surface area contributed by atoms with E-state index in [4.69, 9.17) is 16.3 Å². The van der Waals surface area contributed by atoms with Crippen LogP contribution < -0.4 is 4.74 Å². The molecule has 0 aliphatic carbocycles. The highest BCUT2D eigenvalue weighted by atomic mass is 35.5. The molecule has 2 aromatic rings. The Hall–Kier alpha value is -1.58. The fraction of sp³-hybridized carbons (Fsp3) is 0.250. The van der Waals surface area contributed by atoms with Gasteiger partial charge in [-0.05, 0) is 42.7 Å². The average Bonchev–Trinajstić information content (AvgIpc) is 2.44. The number of ether oxygens (including phenoxy) is 1. The van der Waals surface area contributed by atoms with Crippen LogP contribution in [0, 0.1) is 19.7 Å². The number of aryl methyl sites for hydroxylation is 1. The molecule has 0 amide bonds. The summed E-state index contributed by atoms with van der Waals surface area (Å²) in [6.07, 6.45) is -0.962. The van der Waals surface area contributed by atoms with Crippen LogP contribution in [0.4, 0.5) is 4.39 Å². The van der Waals surface area contributed by atoms with Crippen molar-refractivity contribution in [3.8, 4) is 5.75 Å². The van der Waals surface area contributed by atoms with Crippen LogP contribution in [0.3, 0.4) is 0 Å². The van der Waals surface area contributed by atoms with Gasteiger partial charge in [-0.1, -0.05) is 29.8 Å². The molecule has 0 aliphatic rings. The lowest BCUT2D eigenvalue weighted by Crippen LogP contribution is -2.05. The van der Waals surface area contributed by atoms with Gasteiger partial charge in [-0.2, -0.15) is 0 Å². The summed E-state index contributed by atoms with van der Waals surface area (Å²) in [5, 5.41) is 10.5. The van der Waals surface area contributed by atoms with Gasteiger partial charge in [0.1, 0.15) is 17.7 Å². The topological polar surface area (TPSA) is 29.5 Å². The van der Waals surface area contributed by atoms with Gasteiger partial charge >= 0.3 is 0 Å². The molecule has 2 nitrogen and oxygen atoms in total. The van der Waals surface area contributed by atoms with Gasteiger partial charge in [0, 0.05) is 5.56 Å². The Kier molecular flexibility index (Phi) is 4.31. The summed E-state index contributed by atoms with van der Waals surface area (Å²) in [6, 6.07) is 7.97. The maximum Gasteiger partial charge on any atom is 0.142 e. The summed E-state index contributed by atoms with van der Waals surface area (Å²) >= 11 is 5.65. The summed E-state index contributed by atoms with van der Waals surface area (Å²) in [5.74, 6) is 0.0684. The first-order valence-electron chi connectivity index (χ1n) is 6.22. The molecule has 0 spiro atoms. The van der Waals surface area contributed by atoms with Gasteiger partial charge in [0.2, 0.25) is 0 Å². The summed E-state index contributed by atoms with van der Waals surface area (Å²) in [4.78, 5) is 0. The minimum absolute atomic E-state index is 0.0352. The van der Waals surface area contributed by atoms with E-state index in [2.05, 4.69) is 0 Å². The maximum atomic E-state index is 13.5. The Morgan fingerprint density at radius 2 is 1.90 bits per heavy atom.